The molecule has 0 aromatic carbocycles. The van der Waals surface area contributed by atoms with E-state index >= 15 is 0 Å². The summed E-state index contributed by atoms with van der Waals surface area (Å²) in [6, 6.07) is -0.945. The van der Waals surface area contributed by atoms with Crippen LogP contribution < -0.4 is 0 Å². The van der Waals surface area contributed by atoms with Gasteiger partial charge in [-0.2, -0.15) is 0 Å². The van der Waals surface area contributed by atoms with Crippen molar-refractivity contribution in [2.24, 2.45) is 11.8 Å². The van der Waals surface area contributed by atoms with E-state index in [1.54, 1.807) is 0 Å². The summed E-state index contributed by atoms with van der Waals surface area (Å²) < 4.78 is 18.6. The molecule has 0 radical (unpaired) electrons. The summed E-state index contributed by atoms with van der Waals surface area (Å²) in [5.74, 6) is -5.01. The summed E-state index contributed by atoms with van der Waals surface area (Å²) in [5.41, 5.74) is 0. The van der Waals surface area contributed by atoms with Crippen molar-refractivity contribution in [3.8, 4) is 0 Å². The monoisotopic (exact) mass is 361 g/mol. The van der Waals surface area contributed by atoms with Gasteiger partial charge in [0.15, 0.2) is 12.2 Å². The van der Waals surface area contributed by atoms with Crippen LogP contribution >= 0.6 is 0 Å². The van der Waals surface area contributed by atoms with Crippen LogP contribution in [-0.4, -0.2) is 75.8 Å². The molecule has 0 aromatic rings. The van der Waals surface area contributed by atoms with Gasteiger partial charge in [0.1, 0.15) is 5.92 Å². The zero-order chi connectivity index (χ0) is 18.7. The van der Waals surface area contributed by atoms with Crippen LogP contribution in [0.4, 0.5) is 0 Å². The Hall–Kier alpha value is -2.24. The van der Waals surface area contributed by atoms with Gasteiger partial charge >= 0.3 is 23.9 Å². The van der Waals surface area contributed by atoms with Crippen LogP contribution in [0.15, 0.2) is 0 Å². The van der Waals surface area contributed by atoms with Gasteiger partial charge in [-0.3, -0.25) is 19.3 Å². The van der Waals surface area contributed by atoms with Crippen LogP contribution in [0.2, 0.25) is 0 Å². The van der Waals surface area contributed by atoms with E-state index in [0.717, 1.165) is 26.6 Å². The molecule has 0 saturated carbocycles. The minimum absolute atomic E-state index is 0.262. The molecule has 2 aliphatic rings. The van der Waals surface area contributed by atoms with Crippen LogP contribution in [-0.2, 0) is 47.8 Å². The van der Waals surface area contributed by atoms with Crippen LogP contribution in [0.25, 0.3) is 0 Å². The second-order valence-corrected chi connectivity index (χ2v) is 5.37. The molecular formula is C14H19NO10. The van der Waals surface area contributed by atoms with Crippen molar-refractivity contribution in [1.82, 2.24) is 5.23 Å². The summed E-state index contributed by atoms with van der Waals surface area (Å²) in [5, 5.41) is 0.859. The van der Waals surface area contributed by atoms with Gasteiger partial charge in [0, 0.05) is 5.92 Å². The van der Waals surface area contributed by atoms with Gasteiger partial charge in [-0.25, -0.2) is 9.59 Å². The average molecular weight is 361 g/mol. The average Bonchev–Trinajstić information content (AvgIpc) is 3.16. The number of rotatable bonds is 5. The standard InChI is InChI=1S/C14H19NO10/c1-20-7(16)5-6-9-8(12(17)21-2)11(14(19)23-4)25-15(9)24-10(6)13(18)22-3/h6,8-11H,5H2,1-4H3/t6-,8+,9+,10+,11-/m0/s1. The number of methoxy groups -OCH3 is 4. The highest BCUT2D eigenvalue weighted by Gasteiger charge is 2.63. The molecule has 2 aliphatic heterocycles. The van der Waals surface area contributed by atoms with Crippen LogP contribution in [0.1, 0.15) is 6.42 Å². The molecule has 0 bridgehead atoms. The molecule has 11 nitrogen and oxygen atoms in total. The Labute approximate surface area is 142 Å². The van der Waals surface area contributed by atoms with Gasteiger partial charge in [0.05, 0.1) is 40.9 Å². The molecule has 0 unspecified atom stereocenters. The van der Waals surface area contributed by atoms with E-state index in [2.05, 4.69) is 14.2 Å². The number of fused-ring (bicyclic) bond motifs is 1. The molecule has 11 heteroatoms. The first kappa shape index (κ1) is 19.1. The zero-order valence-corrected chi connectivity index (χ0v) is 14.1. The predicted molar refractivity (Wildman–Crippen MR) is 75.0 cm³/mol. The normalized spacial score (nSPS) is 31.1. The van der Waals surface area contributed by atoms with Crippen LogP contribution in [0, 0.1) is 11.8 Å². The summed E-state index contributed by atoms with van der Waals surface area (Å²) in [6.07, 6.45) is -2.80. The van der Waals surface area contributed by atoms with Crippen molar-refractivity contribution in [3.63, 3.8) is 0 Å². The number of carbonyl (C=O) groups is 4. The highest BCUT2D eigenvalue weighted by atomic mass is 17.0. The topological polar surface area (TPSA) is 127 Å². The molecule has 0 amide bonds. The summed E-state index contributed by atoms with van der Waals surface area (Å²) in [4.78, 5) is 58.5. The lowest BCUT2D eigenvalue weighted by Gasteiger charge is -2.22. The molecule has 25 heavy (non-hydrogen) atoms. The van der Waals surface area contributed by atoms with Gasteiger partial charge in [-0.15, -0.1) is 0 Å². The van der Waals surface area contributed by atoms with Crippen molar-refractivity contribution in [1.29, 1.82) is 0 Å². The summed E-state index contributed by atoms with van der Waals surface area (Å²) in [7, 11) is 4.61. The van der Waals surface area contributed by atoms with E-state index in [4.69, 9.17) is 14.4 Å². The van der Waals surface area contributed by atoms with Crippen molar-refractivity contribution >= 4 is 23.9 Å². The fourth-order valence-corrected chi connectivity index (χ4v) is 2.99. The SMILES string of the molecule is COC(=O)C[C@H]1[C@@H]2[C@@H](C(=O)OC)[C@@H](C(=O)OC)ON2O[C@H]1C(=O)OC. The second-order valence-electron chi connectivity index (χ2n) is 5.37. The van der Waals surface area contributed by atoms with Gasteiger partial charge < -0.3 is 18.9 Å². The molecule has 2 heterocycles. The smallest absolute Gasteiger partial charge is 0.338 e. The van der Waals surface area contributed by atoms with Crippen LogP contribution in [0.3, 0.4) is 0 Å². The Balaban J connectivity index is 2.38. The Morgan fingerprint density at radius 2 is 1.32 bits per heavy atom. The lowest BCUT2D eigenvalue weighted by atomic mass is 9.82. The van der Waals surface area contributed by atoms with E-state index in [1.807, 2.05) is 0 Å². The number of ether oxygens (including phenoxy) is 4. The fourth-order valence-electron chi connectivity index (χ4n) is 2.99. The highest BCUT2D eigenvalue weighted by Crippen LogP contribution is 2.43. The first-order valence-electron chi connectivity index (χ1n) is 7.32. The third-order valence-electron chi connectivity index (χ3n) is 4.17. The largest absolute Gasteiger partial charge is 0.469 e. The summed E-state index contributed by atoms with van der Waals surface area (Å²) >= 11 is 0. The zero-order valence-electron chi connectivity index (χ0n) is 14.1. The first-order chi connectivity index (χ1) is 11.9. The number of hydrogen-bond acceptors (Lipinski definition) is 11. The molecule has 0 spiro atoms. The molecule has 2 fully saturated rings. The molecular weight excluding hydrogens is 342 g/mol. The minimum atomic E-state index is -1.33. The third kappa shape index (κ3) is 3.43. The van der Waals surface area contributed by atoms with Gasteiger partial charge in [0.2, 0.25) is 0 Å². The van der Waals surface area contributed by atoms with E-state index in [0.29, 0.717) is 0 Å². The number of hydrogen-bond donors (Lipinski definition) is 0. The van der Waals surface area contributed by atoms with Crippen molar-refractivity contribution in [2.75, 3.05) is 28.4 Å². The molecule has 0 N–H and O–H groups in total. The van der Waals surface area contributed by atoms with Crippen molar-refractivity contribution < 1.29 is 47.8 Å². The first-order valence-corrected chi connectivity index (χ1v) is 7.32. The summed E-state index contributed by atoms with van der Waals surface area (Å²) in [6.45, 7) is 0. The molecule has 140 valence electrons. The minimum Gasteiger partial charge on any atom is -0.469 e. The quantitative estimate of drug-likeness (QED) is 0.424. The highest BCUT2D eigenvalue weighted by molar-refractivity contribution is 5.85. The van der Waals surface area contributed by atoms with Crippen molar-refractivity contribution in [3.05, 3.63) is 0 Å². The molecule has 2 saturated heterocycles. The Kier molecular flexibility index (Phi) is 5.93. The maximum Gasteiger partial charge on any atom is 0.338 e. The molecule has 2 rings (SSSR count). The van der Waals surface area contributed by atoms with Gasteiger partial charge in [0.25, 0.3) is 0 Å². The van der Waals surface area contributed by atoms with E-state index in [9.17, 15) is 19.2 Å². The predicted octanol–water partition coefficient (Wildman–Crippen LogP) is -1.40. The van der Waals surface area contributed by atoms with Crippen molar-refractivity contribution in [2.45, 2.75) is 24.7 Å². The Morgan fingerprint density at radius 1 is 0.800 bits per heavy atom. The van der Waals surface area contributed by atoms with Crippen LogP contribution in [0.5, 0.6) is 0 Å². The maximum atomic E-state index is 12.2. The Morgan fingerprint density at radius 3 is 1.84 bits per heavy atom. The van der Waals surface area contributed by atoms with Gasteiger partial charge in [-0.05, 0) is 0 Å². The van der Waals surface area contributed by atoms with Gasteiger partial charge in [-0.1, -0.05) is 5.23 Å². The molecule has 0 aliphatic carbocycles. The maximum absolute atomic E-state index is 12.2. The Bertz CT molecular complexity index is 564. The number of esters is 4. The third-order valence-corrected chi connectivity index (χ3v) is 4.17. The van der Waals surface area contributed by atoms with E-state index in [1.165, 1.54) is 7.11 Å². The molecule has 0 aromatic heterocycles. The van der Waals surface area contributed by atoms with E-state index < -0.39 is 54.0 Å². The number of hydroxylamine groups is 2. The number of carbonyl (C=O) groups excluding carboxylic acids is 4. The lowest BCUT2D eigenvalue weighted by molar-refractivity contribution is -0.350. The lowest BCUT2D eigenvalue weighted by Crippen LogP contribution is -2.44. The second kappa shape index (κ2) is 7.76. The fraction of sp³-hybridized carbons (Fsp3) is 0.714. The molecule has 5 atom stereocenters. The number of nitrogens with zero attached hydrogens (tertiary/aromatic N) is 1. The van der Waals surface area contributed by atoms with E-state index in [-0.39, 0.29) is 6.42 Å².